The van der Waals surface area contributed by atoms with Gasteiger partial charge in [0.05, 0.1) is 26.4 Å². The molecule has 5 atom stereocenters. The van der Waals surface area contributed by atoms with Gasteiger partial charge in [0, 0.05) is 19.2 Å². The number of allylic oxidation sites excluding steroid dienone is 1. The van der Waals surface area contributed by atoms with Crippen molar-refractivity contribution in [3.05, 3.63) is 12.3 Å². The molecule has 0 radical (unpaired) electrons. The largest absolute Gasteiger partial charge is 0.394 e. The quantitative estimate of drug-likeness (QED) is 0.280. The fraction of sp³-hybridized carbons (Fsp3) is 0.812. The summed E-state index contributed by atoms with van der Waals surface area (Å²) >= 11 is 0. The maximum atomic E-state index is 11.3. The predicted molar refractivity (Wildman–Crippen MR) is 89.6 cm³/mol. The zero-order valence-electron chi connectivity index (χ0n) is 14.8. The average molecular weight is 362 g/mol. The molecule has 9 nitrogen and oxygen atoms in total. The molecular formula is C16H30N2O7. The number of hydrogen-bond acceptors (Lipinski definition) is 8. The Labute approximate surface area is 148 Å². The molecule has 0 aliphatic carbocycles. The van der Waals surface area contributed by atoms with Crippen molar-refractivity contribution in [1.29, 1.82) is 0 Å². The standard InChI is InChI=1S/C16H30N2O7/c1-4-10(2)17-5-6-23-7-8-24-16-13(18-11(3)20)15(22)14(21)12(9-19)25-16/h12-17,19,21-22H,2,4-9H2,1,3H3,(H,18,20). The summed E-state index contributed by atoms with van der Waals surface area (Å²) < 4.78 is 16.3. The van der Waals surface area contributed by atoms with E-state index < -0.39 is 43.2 Å². The Bertz CT molecular complexity index is 421. The van der Waals surface area contributed by atoms with Gasteiger partial charge < -0.3 is 40.2 Å². The maximum absolute atomic E-state index is 11.3. The monoisotopic (exact) mass is 362 g/mol. The molecule has 0 bridgehead atoms. The van der Waals surface area contributed by atoms with Crippen LogP contribution in [0.15, 0.2) is 12.3 Å². The number of aliphatic hydroxyl groups is 3. The van der Waals surface area contributed by atoms with E-state index in [1.807, 2.05) is 6.92 Å². The zero-order valence-corrected chi connectivity index (χ0v) is 14.8. The minimum Gasteiger partial charge on any atom is -0.394 e. The van der Waals surface area contributed by atoms with Gasteiger partial charge in [0.1, 0.15) is 24.4 Å². The number of ether oxygens (including phenoxy) is 3. The van der Waals surface area contributed by atoms with Crippen molar-refractivity contribution in [3.8, 4) is 0 Å². The second kappa shape index (κ2) is 11.4. The summed E-state index contributed by atoms with van der Waals surface area (Å²) in [5.41, 5.74) is 0.941. The van der Waals surface area contributed by atoms with Gasteiger partial charge in [-0.2, -0.15) is 0 Å². The SMILES string of the molecule is C=C(CC)NCCOCCOC1OC(CO)C(O)C(O)C1NC(C)=O. The summed E-state index contributed by atoms with van der Waals surface area (Å²) in [6.45, 7) is 8.20. The van der Waals surface area contributed by atoms with Gasteiger partial charge in [-0.3, -0.25) is 4.79 Å². The Hall–Kier alpha value is -1.23. The number of aliphatic hydroxyl groups excluding tert-OH is 3. The molecule has 1 heterocycles. The lowest BCUT2D eigenvalue weighted by atomic mass is 9.97. The first-order valence-corrected chi connectivity index (χ1v) is 8.41. The van der Waals surface area contributed by atoms with Crippen molar-refractivity contribution in [3.63, 3.8) is 0 Å². The fourth-order valence-electron chi connectivity index (χ4n) is 2.36. The van der Waals surface area contributed by atoms with E-state index in [9.17, 15) is 20.1 Å². The average Bonchev–Trinajstić information content (AvgIpc) is 2.59. The molecule has 1 aliphatic rings. The van der Waals surface area contributed by atoms with Crippen molar-refractivity contribution in [2.24, 2.45) is 0 Å². The first-order valence-electron chi connectivity index (χ1n) is 8.41. The van der Waals surface area contributed by atoms with Crippen LogP contribution < -0.4 is 10.6 Å². The van der Waals surface area contributed by atoms with Crippen LogP contribution in [-0.4, -0.2) is 84.8 Å². The Morgan fingerprint density at radius 3 is 2.56 bits per heavy atom. The smallest absolute Gasteiger partial charge is 0.217 e. The number of amides is 1. The molecule has 5 unspecified atom stereocenters. The summed E-state index contributed by atoms with van der Waals surface area (Å²) in [5, 5.41) is 34.8. The lowest BCUT2D eigenvalue weighted by Gasteiger charge is -2.42. The van der Waals surface area contributed by atoms with E-state index in [4.69, 9.17) is 14.2 Å². The minimum atomic E-state index is -1.32. The van der Waals surface area contributed by atoms with Crippen LogP contribution in [0.5, 0.6) is 0 Å². The molecule has 1 amide bonds. The normalized spacial score (nSPS) is 29.2. The van der Waals surface area contributed by atoms with E-state index in [0.29, 0.717) is 13.2 Å². The van der Waals surface area contributed by atoms with Crippen molar-refractivity contribution >= 4 is 5.91 Å². The van der Waals surface area contributed by atoms with E-state index in [0.717, 1.165) is 12.1 Å². The minimum absolute atomic E-state index is 0.163. The van der Waals surface area contributed by atoms with Crippen LogP contribution in [0.1, 0.15) is 20.3 Å². The molecule has 1 saturated heterocycles. The highest BCUT2D eigenvalue weighted by Gasteiger charge is 2.45. The lowest BCUT2D eigenvalue weighted by Crippen LogP contribution is -2.64. The fourth-order valence-corrected chi connectivity index (χ4v) is 2.36. The van der Waals surface area contributed by atoms with Crippen molar-refractivity contribution in [1.82, 2.24) is 10.6 Å². The molecule has 9 heteroatoms. The van der Waals surface area contributed by atoms with Gasteiger partial charge in [0.15, 0.2) is 6.29 Å². The first-order chi connectivity index (χ1) is 11.9. The van der Waals surface area contributed by atoms with Gasteiger partial charge in [-0.15, -0.1) is 0 Å². The van der Waals surface area contributed by atoms with Gasteiger partial charge >= 0.3 is 0 Å². The Balaban J connectivity index is 2.39. The second-order valence-electron chi connectivity index (χ2n) is 5.80. The molecule has 0 aromatic rings. The number of hydrogen-bond donors (Lipinski definition) is 5. The third-order valence-electron chi connectivity index (χ3n) is 3.81. The Morgan fingerprint density at radius 2 is 1.96 bits per heavy atom. The number of carbonyl (C=O) groups excluding carboxylic acids is 1. The first kappa shape index (κ1) is 21.8. The molecular weight excluding hydrogens is 332 g/mol. The molecule has 1 fully saturated rings. The van der Waals surface area contributed by atoms with Crippen molar-refractivity contribution < 1.29 is 34.3 Å². The summed E-state index contributed by atoms with van der Waals surface area (Å²) in [6, 6.07) is -0.940. The van der Waals surface area contributed by atoms with Crippen LogP contribution in [0.25, 0.3) is 0 Å². The number of carbonyl (C=O) groups is 1. The summed E-state index contributed by atoms with van der Waals surface area (Å²) in [7, 11) is 0. The lowest BCUT2D eigenvalue weighted by molar-refractivity contribution is -0.272. The molecule has 146 valence electrons. The maximum Gasteiger partial charge on any atom is 0.217 e. The molecule has 25 heavy (non-hydrogen) atoms. The van der Waals surface area contributed by atoms with Gasteiger partial charge in [-0.05, 0) is 6.42 Å². The van der Waals surface area contributed by atoms with Crippen LogP contribution in [0.2, 0.25) is 0 Å². The molecule has 1 aliphatic heterocycles. The van der Waals surface area contributed by atoms with Crippen LogP contribution in [0.4, 0.5) is 0 Å². The zero-order chi connectivity index (χ0) is 18.8. The topological polar surface area (TPSA) is 130 Å². The van der Waals surface area contributed by atoms with Crippen molar-refractivity contribution in [2.45, 2.75) is 50.9 Å². The summed E-state index contributed by atoms with van der Waals surface area (Å²) in [6.07, 6.45) is -3.77. The highest BCUT2D eigenvalue weighted by atomic mass is 16.7. The van der Waals surface area contributed by atoms with Crippen LogP contribution in [-0.2, 0) is 19.0 Å². The number of nitrogens with one attached hydrogen (secondary N) is 2. The molecule has 0 aromatic carbocycles. The highest BCUT2D eigenvalue weighted by molar-refractivity contribution is 5.73. The van der Waals surface area contributed by atoms with Crippen LogP contribution in [0.3, 0.4) is 0 Å². The second-order valence-corrected chi connectivity index (χ2v) is 5.80. The highest BCUT2D eigenvalue weighted by Crippen LogP contribution is 2.22. The van der Waals surface area contributed by atoms with Crippen LogP contribution in [0, 0.1) is 0 Å². The van der Waals surface area contributed by atoms with Gasteiger partial charge in [0.2, 0.25) is 5.91 Å². The Kier molecular flexibility index (Phi) is 9.94. The van der Waals surface area contributed by atoms with Gasteiger partial charge in [-0.1, -0.05) is 13.5 Å². The third kappa shape index (κ3) is 7.27. The molecule has 5 N–H and O–H groups in total. The van der Waals surface area contributed by atoms with E-state index >= 15 is 0 Å². The van der Waals surface area contributed by atoms with Gasteiger partial charge in [0.25, 0.3) is 0 Å². The Morgan fingerprint density at radius 1 is 1.24 bits per heavy atom. The van der Waals surface area contributed by atoms with Gasteiger partial charge in [-0.25, -0.2) is 0 Å². The molecule has 0 spiro atoms. The number of rotatable bonds is 11. The third-order valence-corrected chi connectivity index (χ3v) is 3.81. The van der Waals surface area contributed by atoms with Crippen LogP contribution >= 0.6 is 0 Å². The molecule has 0 aromatic heterocycles. The van der Waals surface area contributed by atoms with E-state index in [2.05, 4.69) is 17.2 Å². The summed E-state index contributed by atoms with van der Waals surface area (Å²) in [4.78, 5) is 11.3. The molecule has 0 saturated carbocycles. The van der Waals surface area contributed by atoms with E-state index in [1.54, 1.807) is 0 Å². The van der Waals surface area contributed by atoms with Crippen molar-refractivity contribution in [2.75, 3.05) is 33.0 Å². The molecule has 1 rings (SSSR count). The van der Waals surface area contributed by atoms with E-state index in [-0.39, 0.29) is 13.2 Å². The van der Waals surface area contributed by atoms with E-state index in [1.165, 1.54) is 6.92 Å². The summed E-state index contributed by atoms with van der Waals surface area (Å²) in [5.74, 6) is -0.394. The predicted octanol–water partition coefficient (Wildman–Crippen LogP) is -1.52.